The number of hydrogen-bond acceptors (Lipinski definition) is 9. The Morgan fingerprint density at radius 1 is 0.871 bits per heavy atom. The number of hydrogen-bond donors (Lipinski definition) is 1. The molecule has 0 heterocycles. The first kappa shape index (κ1) is 24.6. The van der Waals surface area contributed by atoms with Crippen LogP contribution >= 0.6 is 0 Å². The van der Waals surface area contributed by atoms with Crippen LogP contribution in [0.4, 0.5) is 28.4 Å². The van der Waals surface area contributed by atoms with Crippen molar-refractivity contribution in [3.05, 3.63) is 66.2 Å². The van der Waals surface area contributed by atoms with E-state index in [0.29, 0.717) is 28.5 Å². The number of anilines is 1. The third kappa shape index (κ3) is 6.68. The third-order valence-electron chi connectivity index (χ3n) is 4.06. The fourth-order valence-corrected chi connectivity index (χ4v) is 3.01. The van der Waals surface area contributed by atoms with Gasteiger partial charge in [0.25, 0.3) is 0 Å². The van der Waals surface area contributed by atoms with Gasteiger partial charge in [-0.25, -0.2) is 8.42 Å². The van der Waals surface area contributed by atoms with E-state index in [9.17, 15) is 13.0 Å². The molecule has 154 valence electrons. The number of aryl methyl sites for hydroxylation is 1. The molecule has 0 atom stereocenters. The van der Waals surface area contributed by atoms with Crippen molar-refractivity contribution in [3.8, 4) is 5.75 Å². The summed E-state index contributed by atoms with van der Waals surface area (Å²) in [6.45, 7) is 1.88. The Balaban J connectivity index is 0.00000341. The first-order chi connectivity index (χ1) is 14.3. The summed E-state index contributed by atoms with van der Waals surface area (Å²) in [6, 6.07) is 15.6. The molecule has 0 aliphatic carbocycles. The van der Waals surface area contributed by atoms with Crippen molar-refractivity contribution in [1.82, 2.24) is 0 Å². The number of benzene rings is 3. The van der Waals surface area contributed by atoms with Crippen LogP contribution in [0.2, 0.25) is 0 Å². The van der Waals surface area contributed by atoms with E-state index in [2.05, 4.69) is 20.5 Å². The second-order valence-electron chi connectivity index (χ2n) is 6.25. The van der Waals surface area contributed by atoms with Crippen LogP contribution in [-0.4, -0.2) is 20.1 Å². The molecule has 0 spiro atoms. The molecule has 0 radical (unpaired) electrons. The molecule has 0 saturated carbocycles. The number of rotatable bonds is 6. The Hall–Kier alpha value is -2.63. The summed E-state index contributed by atoms with van der Waals surface area (Å²) in [5.41, 5.74) is 9.27. The molecule has 31 heavy (non-hydrogen) atoms. The van der Waals surface area contributed by atoms with E-state index < -0.39 is 10.1 Å². The summed E-state index contributed by atoms with van der Waals surface area (Å²) >= 11 is 0. The van der Waals surface area contributed by atoms with Crippen LogP contribution in [0.3, 0.4) is 0 Å². The van der Waals surface area contributed by atoms with Crippen LogP contribution in [0.25, 0.3) is 0 Å². The van der Waals surface area contributed by atoms with E-state index in [1.54, 1.807) is 42.5 Å². The van der Waals surface area contributed by atoms with Gasteiger partial charge in [-0.05, 0) is 61.0 Å². The molecule has 0 aromatic heterocycles. The minimum Gasteiger partial charge on any atom is -0.744 e. The van der Waals surface area contributed by atoms with Crippen molar-refractivity contribution in [3.63, 3.8) is 0 Å². The van der Waals surface area contributed by atoms with Gasteiger partial charge < -0.3 is 15.0 Å². The third-order valence-corrected chi connectivity index (χ3v) is 4.89. The molecule has 9 nitrogen and oxygen atoms in total. The van der Waals surface area contributed by atoms with E-state index in [-0.39, 0.29) is 40.1 Å². The predicted molar refractivity (Wildman–Crippen MR) is 111 cm³/mol. The van der Waals surface area contributed by atoms with Crippen molar-refractivity contribution < 1.29 is 47.3 Å². The van der Waals surface area contributed by atoms with Crippen LogP contribution < -0.4 is 40.0 Å². The van der Waals surface area contributed by atoms with Gasteiger partial charge in [-0.15, -0.1) is 0 Å². The molecule has 3 aromatic carbocycles. The van der Waals surface area contributed by atoms with Gasteiger partial charge in [0.1, 0.15) is 15.9 Å². The monoisotopic (exact) mass is 447 g/mol. The molecule has 0 amide bonds. The zero-order valence-corrected chi connectivity index (χ0v) is 20.0. The number of methoxy groups -OCH3 is 1. The van der Waals surface area contributed by atoms with Crippen molar-refractivity contribution in [1.29, 1.82) is 0 Å². The number of azo groups is 2. The van der Waals surface area contributed by atoms with Crippen molar-refractivity contribution in [2.75, 3.05) is 12.8 Å². The van der Waals surface area contributed by atoms with E-state index in [0.717, 1.165) is 11.6 Å². The maximum absolute atomic E-state index is 11.1. The van der Waals surface area contributed by atoms with Crippen LogP contribution in [0, 0.1) is 6.92 Å². The molecule has 0 bridgehead atoms. The summed E-state index contributed by atoms with van der Waals surface area (Å²) < 4.78 is 38.4. The number of nitrogen functional groups attached to an aromatic ring is 1. The van der Waals surface area contributed by atoms with E-state index in [4.69, 9.17) is 10.5 Å². The first-order valence-corrected chi connectivity index (χ1v) is 10.1. The molecule has 0 fully saturated rings. The molecule has 3 rings (SSSR count). The zero-order valence-electron chi connectivity index (χ0n) is 17.2. The van der Waals surface area contributed by atoms with Crippen LogP contribution in [0.15, 0.2) is 86.0 Å². The molecular formula is C20H18N5NaO4S. The minimum atomic E-state index is -4.54. The largest absolute Gasteiger partial charge is 1.00 e. The summed E-state index contributed by atoms with van der Waals surface area (Å²) in [7, 11) is -3.01. The molecule has 2 N–H and O–H groups in total. The van der Waals surface area contributed by atoms with Crippen molar-refractivity contribution in [2.45, 2.75) is 11.8 Å². The average Bonchev–Trinajstić information content (AvgIpc) is 2.72. The zero-order chi connectivity index (χ0) is 21.7. The quantitative estimate of drug-likeness (QED) is 0.267. The minimum absolute atomic E-state index is 0. The van der Waals surface area contributed by atoms with Crippen LogP contribution in [0.5, 0.6) is 5.75 Å². The Morgan fingerprint density at radius 2 is 1.45 bits per heavy atom. The molecule has 0 unspecified atom stereocenters. The van der Waals surface area contributed by atoms with Crippen LogP contribution in [-0.2, 0) is 10.1 Å². The topological polar surface area (TPSA) is 142 Å². The fraction of sp³-hybridized carbons (Fsp3) is 0.100. The summed E-state index contributed by atoms with van der Waals surface area (Å²) in [5, 5.41) is 16.4. The Kier molecular flexibility index (Phi) is 8.43. The first-order valence-electron chi connectivity index (χ1n) is 8.70. The molecule has 0 aliphatic rings. The second-order valence-corrected chi connectivity index (χ2v) is 7.63. The van der Waals surface area contributed by atoms with Gasteiger partial charge in [-0.1, -0.05) is 6.07 Å². The standard InChI is InChI=1S/C20H19N5O4S.Na/c1-13-10-18(21)20(29-2)12-19(13)25-23-15-8-6-14(7-9-15)22-24-16-4-3-5-17(11-16)30(26,27)28;/h3-12H,21H2,1-2H3,(H,26,27,28);/q;+1/p-1. The van der Waals surface area contributed by atoms with Crippen molar-refractivity contribution >= 4 is 38.6 Å². The van der Waals surface area contributed by atoms with Gasteiger partial charge in [0.05, 0.1) is 40.4 Å². The summed E-state index contributed by atoms with van der Waals surface area (Å²) in [5.74, 6) is 0.527. The van der Waals surface area contributed by atoms with Gasteiger partial charge in [-0.3, -0.25) is 0 Å². The smallest absolute Gasteiger partial charge is 0.744 e. The molecule has 0 aliphatic heterocycles. The molecule has 0 saturated heterocycles. The van der Waals surface area contributed by atoms with E-state index in [1.807, 2.05) is 6.92 Å². The van der Waals surface area contributed by atoms with E-state index in [1.165, 1.54) is 19.2 Å². The summed E-state index contributed by atoms with van der Waals surface area (Å²) in [6.07, 6.45) is 0. The number of nitrogens with two attached hydrogens (primary N) is 1. The Morgan fingerprint density at radius 3 is 2.03 bits per heavy atom. The fourth-order valence-electron chi connectivity index (χ4n) is 2.50. The summed E-state index contributed by atoms with van der Waals surface area (Å²) in [4.78, 5) is -0.357. The average molecular weight is 447 g/mol. The van der Waals surface area contributed by atoms with Gasteiger partial charge in [0.2, 0.25) is 0 Å². The van der Waals surface area contributed by atoms with Gasteiger partial charge >= 0.3 is 29.6 Å². The van der Waals surface area contributed by atoms with Gasteiger partial charge in [0.15, 0.2) is 0 Å². The maximum Gasteiger partial charge on any atom is 1.00 e. The number of nitrogens with zero attached hydrogens (tertiary/aromatic N) is 4. The normalized spacial score (nSPS) is 11.6. The maximum atomic E-state index is 11.1. The Bertz CT molecular complexity index is 1230. The predicted octanol–water partition coefficient (Wildman–Crippen LogP) is 2.32. The van der Waals surface area contributed by atoms with Gasteiger partial charge in [0, 0.05) is 6.07 Å². The van der Waals surface area contributed by atoms with Crippen molar-refractivity contribution in [2.24, 2.45) is 20.5 Å². The Labute approximate surface area is 202 Å². The molecule has 3 aromatic rings. The van der Waals surface area contributed by atoms with Crippen LogP contribution in [0.1, 0.15) is 5.56 Å². The molecule has 11 heteroatoms. The number of ether oxygens (including phenoxy) is 1. The van der Waals surface area contributed by atoms with Gasteiger partial charge in [-0.2, -0.15) is 20.5 Å². The van der Waals surface area contributed by atoms with E-state index >= 15 is 0 Å². The second kappa shape index (κ2) is 10.6. The SMILES string of the molecule is COc1cc(N=Nc2ccc(N=Nc3cccc(S(=O)(=O)[O-])c3)cc2)c(C)cc1N.[Na+]. The molecular weight excluding hydrogens is 429 g/mol.